The minimum Gasteiger partial charge on any atom is -0.342 e. The van der Waals surface area contributed by atoms with Crippen LogP contribution in [0.15, 0.2) is 47.3 Å². The normalized spacial score (nSPS) is 20.6. The molecule has 1 aliphatic carbocycles. The molecule has 4 aromatic rings. The SMILES string of the molecule is C[C@H](c1nc2ccc(F)cc2[nH]1)C1CCC(c2cc(=O)[nH]c3ccc(F)cc23)CC1. The number of H-pyrrole nitrogens is 2. The highest BCUT2D eigenvalue weighted by Crippen LogP contribution is 2.42. The van der Waals surface area contributed by atoms with Gasteiger partial charge in [-0.1, -0.05) is 6.92 Å². The highest BCUT2D eigenvalue weighted by Gasteiger charge is 2.29. The number of nitrogens with one attached hydrogen (secondary N) is 2. The number of imidazole rings is 1. The molecule has 6 heteroatoms. The third kappa shape index (κ3) is 3.40. The monoisotopic (exact) mass is 407 g/mol. The zero-order valence-corrected chi connectivity index (χ0v) is 16.7. The number of nitrogens with zero attached hydrogens (tertiary/aromatic N) is 1. The van der Waals surface area contributed by atoms with Gasteiger partial charge in [-0.2, -0.15) is 0 Å². The van der Waals surface area contributed by atoms with Crippen molar-refractivity contribution < 1.29 is 8.78 Å². The van der Waals surface area contributed by atoms with Crippen LogP contribution in [0.25, 0.3) is 21.9 Å². The second kappa shape index (κ2) is 7.35. The van der Waals surface area contributed by atoms with Gasteiger partial charge in [-0.3, -0.25) is 4.79 Å². The van der Waals surface area contributed by atoms with Crippen molar-refractivity contribution in [3.63, 3.8) is 0 Å². The highest BCUT2D eigenvalue weighted by atomic mass is 19.1. The first kappa shape index (κ1) is 19.0. The lowest BCUT2D eigenvalue weighted by Gasteiger charge is -2.32. The fraction of sp³-hybridized carbons (Fsp3) is 0.333. The minimum atomic E-state index is -0.292. The van der Waals surface area contributed by atoms with Crippen LogP contribution in [0.5, 0.6) is 0 Å². The van der Waals surface area contributed by atoms with Crippen LogP contribution in [0, 0.1) is 17.6 Å². The number of hydrogen-bond acceptors (Lipinski definition) is 2. The number of benzene rings is 2. The summed E-state index contributed by atoms with van der Waals surface area (Å²) in [5.74, 6) is 1.26. The number of halogens is 2. The molecule has 1 saturated carbocycles. The molecule has 154 valence electrons. The van der Waals surface area contributed by atoms with Gasteiger partial charge in [0, 0.05) is 22.9 Å². The highest BCUT2D eigenvalue weighted by molar-refractivity contribution is 5.82. The summed E-state index contributed by atoms with van der Waals surface area (Å²) in [6, 6.07) is 10.8. The van der Waals surface area contributed by atoms with E-state index in [2.05, 4.69) is 21.9 Å². The predicted molar refractivity (Wildman–Crippen MR) is 114 cm³/mol. The van der Waals surface area contributed by atoms with Gasteiger partial charge in [0.25, 0.3) is 0 Å². The van der Waals surface area contributed by atoms with Crippen LogP contribution < -0.4 is 5.56 Å². The smallest absolute Gasteiger partial charge is 0.248 e. The van der Waals surface area contributed by atoms with Gasteiger partial charge in [0.2, 0.25) is 5.56 Å². The summed E-state index contributed by atoms with van der Waals surface area (Å²) >= 11 is 0. The van der Waals surface area contributed by atoms with E-state index < -0.39 is 0 Å². The summed E-state index contributed by atoms with van der Waals surface area (Å²) in [6.45, 7) is 2.16. The second-order valence-corrected chi connectivity index (χ2v) is 8.46. The summed E-state index contributed by atoms with van der Waals surface area (Å²) in [4.78, 5) is 22.8. The van der Waals surface area contributed by atoms with Crippen molar-refractivity contribution in [2.45, 2.75) is 44.4 Å². The third-order valence-electron chi connectivity index (χ3n) is 6.65. The van der Waals surface area contributed by atoms with E-state index >= 15 is 0 Å². The van der Waals surface area contributed by atoms with Crippen LogP contribution in [0.1, 0.15) is 55.8 Å². The molecule has 0 saturated heterocycles. The average Bonchev–Trinajstić information content (AvgIpc) is 3.16. The van der Waals surface area contributed by atoms with Gasteiger partial charge in [0.05, 0.1) is 11.0 Å². The lowest BCUT2D eigenvalue weighted by molar-refractivity contribution is 0.286. The Morgan fingerprint density at radius 1 is 0.933 bits per heavy atom. The number of pyridine rings is 1. The quantitative estimate of drug-likeness (QED) is 0.454. The third-order valence-corrected chi connectivity index (χ3v) is 6.65. The van der Waals surface area contributed by atoms with E-state index in [4.69, 9.17) is 0 Å². The summed E-state index contributed by atoms with van der Waals surface area (Å²) in [7, 11) is 0. The summed E-state index contributed by atoms with van der Waals surface area (Å²) in [5, 5.41) is 0.797. The number of rotatable bonds is 3. The van der Waals surface area contributed by atoms with Crippen LogP contribution in [-0.4, -0.2) is 15.0 Å². The molecular weight excluding hydrogens is 384 g/mol. The summed E-state index contributed by atoms with van der Waals surface area (Å²) in [5.41, 5.74) is 2.99. The van der Waals surface area contributed by atoms with E-state index in [0.29, 0.717) is 11.4 Å². The second-order valence-electron chi connectivity index (χ2n) is 8.46. The van der Waals surface area contributed by atoms with Crippen LogP contribution in [0.3, 0.4) is 0 Å². The zero-order valence-electron chi connectivity index (χ0n) is 16.7. The number of hydrogen-bond donors (Lipinski definition) is 2. The van der Waals surface area contributed by atoms with Crippen LogP contribution >= 0.6 is 0 Å². The van der Waals surface area contributed by atoms with E-state index in [0.717, 1.165) is 53.5 Å². The lowest BCUT2D eigenvalue weighted by atomic mass is 9.73. The Morgan fingerprint density at radius 2 is 1.67 bits per heavy atom. The zero-order chi connectivity index (χ0) is 20.8. The van der Waals surface area contributed by atoms with Gasteiger partial charge in [-0.05, 0) is 79.5 Å². The molecular formula is C24H23F2N3O. The van der Waals surface area contributed by atoms with Crippen molar-refractivity contribution in [2.75, 3.05) is 0 Å². The molecule has 0 unspecified atom stereocenters. The van der Waals surface area contributed by atoms with E-state index in [1.165, 1.54) is 24.3 Å². The molecule has 4 nitrogen and oxygen atoms in total. The number of aromatic nitrogens is 3. The number of aromatic amines is 2. The standard InChI is InChI=1S/C24H23F2N3O/c1-13(24-28-21-9-7-17(26)11-22(21)29-24)14-2-4-15(5-3-14)18-12-23(30)27-20-8-6-16(25)10-19(18)20/h6-15H,2-5H2,1H3,(H,27,30)(H,28,29)/t13-,14?,15?/m0/s1. The minimum absolute atomic E-state index is 0.144. The molecule has 0 aliphatic heterocycles. The maximum atomic E-state index is 13.8. The Kier molecular flexibility index (Phi) is 4.65. The van der Waals surface area contributed by atoms with Crippen molar-refractivity contribution in [2.24, 2.45) is 5.92 Å². The van der Waals surface area contributed by atoms with Crippen molar-refractivity contribution in [3.8, 4) is 0 Å². The van der Waals surface area contributed by atoms with Crippen molar-refractivity contribution in [1.29, 1.82) is 0 Å². The van der Waals surface area contributed by atoms with Crippen LogP contribution in [0.4, 0.5) is 8.78 Å². The lowest BCUT2D eigenvalue weighted by Crippen LogP contribution is -2.20. The maximum Gasteiger partial charge on any atom is 0.248 e. The van der Waals surface area contributed by atoms with Gasteiger partial charge >= 0.3 is 0 Å². The molecule has 2 N–H and O–H groups in total. The van der Waals surface area contributed by atoms with Crippen molar-refractivity contribution in [3.05, 3.63) is 75.8 Å². The van der Waals surface area contributed by atoms with Gasteiger partial charge in [0.15, 0.2) is 0 Å². The summed E-state index contributed by atoms with van der Waals surface area (Å²) < 4.78 is 27.3. The Balaban J connectivity index is 1.36. The van der Waals surface area contributed by atoms with E-state index in [9.17, 15) is 13.6 Å². The molecule has 5 rings (SSSR count). The molecule has 1 fully saturated rings. The van der Waals surface area contributed by atoms with E-state index in [1.54, 1.807) is 18.2 Å². The summed E-state index contributed by atoms with van der Waals surface area (Å²) in [6.07, 6.45) is 3.89. The predicted octanol–water partition coefficient (Wildman–Crippen LogP) is 5.76. The molecule has 2 heterocycles. The molecule has 0 amide bonds. The largest absolute Gasteiger partial charge is 0.342 e. The molecule has 2 aromatic heterocycles. The number of fused-ring (bicyclic) bond motifs is 2. The van der Waals surface area contributed by atoms with Gasteiger partial charge < -0.3 is 9.97 Å². The topological polar surface area (TPSA) is 61.5 Å². The van der Waals surface area contributed by atoms with E-state index in [-0.39, 0.29) is 29.0 Å². The van der Waals surface area contributed by atoms with Crippen LogP contribution in [-0.2, 0) is 0 Å². The van der Waals surface area contributed by atoms with Gasteiger partial charge in [0.1, 0.15) is 17.5 Å². The Labute approximate surface area is 172 Å². The molecule has 0 bridgehead atoms. The van der Waals surface area contributed by atoms with Crippen molar-refractivity contribution in [1.82, 2.24) is 15.0 Å². The molecule has 2 aromatic carbocycles. The first-order valence-corrected chi connectivity index (χ1v) is 10.5. The molecule has 30 heavy (non-hydrogen) atoms. The van der Waals surface area contributed by atoms with Crippen molar-refractivity contribution >= 4 is 21.9 Å². The van der Waals surface area contributed by atoms with E-state index in [1.807, 2.05) is 0 Å². The molecule has 0 radical (unpaired) electrons. The molecule has 1 atom stereocenters. The fourth-order valence-electron chi connectivity index (χ4n) is 4.96. The molecule has 1 aliphatic rings. The van der Waals surface area contributed by atoms with Gasteiger partial charge in [-0.15, -0.1) is 0 Å². The Bertz CT molecular complexity index is 1280. The first-order chi connectivity index (χ1) is 14.5. The Hall–Kier alpha value is -3.02. The first-order valence-electron chi connectivity index (χ1n) is 10.5. The van der Waals surface area contributed by atoms with Gasteiger partial charge in [-0.25, -0.2) is 13.8 Å². The maximum absolute atomic E-state index is 13.8. The average molecular weight is 407 g/mol. The molecule has 0 spiro atoms. The Morgan fingerprint density at radius 3 is 2.47 bits per heavy atom. The van der Waals surface area contributed by atoms with Crippen LogP contribution in [0.2, 0.25) is 0 Å². The fourth-order valence-corrected chi connectivity index (χ4v) is 4.96.